The van der Waals surface area contributed by atoms with Crippen LogP contribution in [0.1, 0.15) is 46.5 Å². The van der Waals surface area contributed by atoms with Gasteiger partial charge in [0.2, 0.25) is 5.82 Å². The molecule has 3 atom stereocenters. The number of fused-ring (bicyclic) bond motifs is 2. The summed E-state index contributed by atoms with van der Waals surface area (Å²) in [6.45, 7) is 6.77. The highest BCUT2D eigenvalue weighted by Gasteiger charge is 2.51. The Kier molecular flexibility index (Phi) is 4.01. The molecule has 2 saturated heterocycles. The lowest BCUT2D eigenvalue weighted by Gasteiger charge is -2.48. The second-order valence-corrected chi connectivity index (χ2v) is 8.21. The van der Waals surface area contributed by atoms with Gasteiger partial charge in [0, 0.05) is 29.9 Å². The van der Waals surface area contributed by atoms with Crippen molar-refractivity contribution in [3.8, 4) is 0 Å². The topological polar surface area (TPSA) is 80.1 Å². The number of nitrogens with one attached hydrogen (secondary N) is 2. The summed E-state index contributed by atoms with van der Waals surface area (Å²) >= 11 is 5.84. The zero-order valence-corrected chi connectivity index (χ0v) is 14.5. The van der Waals surface area contributed by atoms with E-state index in [4.69, 9.17) is 11.6 Å². The van der Waals surface area contributed by atoms with E-state index >= 15 is 0 Å². The van der Waals surface area contributed by atoms with Crippen molar-refractivity contribution in [2.24, 2.45) is 5.41 Å². The third kappa shape index (κ3) is 3.02. The minimum absolute atomic E-state index is 0.0619. The van der Waals surface area contributed by atoms with Crippen molar-refractivity contribution in [3.63, 3.8) is 0 Å². The van der Waals surface area contributed by atoms with Gasteiger partial charge in [-0.1, -0.05) is 32.4 Å². The van der Waals surface area contributed by atoms with Gasteiger partial charge in [0.1, 0.15) is 0 Å². The lowest BCUT2D eigenvalue weighted by molar-refractivity contribution is -0.384. The molecule has 7 heteroatoms. The summed E-state index contributed by atoms with van der Waals surface area (Å²) in [6, 6.07) is 1.99. The van der Waals surface area contributed by atoms with Crippen molar-refractivity contribution < 1.29 is 4.92 Å². The molecule has 126 valence electrons. The van der Waals surface area contributed by atoms with E-state index in [1.807, 2.05) is 0 Å². The quantitative estimate of drug-likeness (QED) is 0.648. The van der Waals surface area contributed by atoms with E-state index in [2.05, 4.69) is 36.4 Å². The second-order valence-electron chi connectivity index (χ2n) is 7.77. The van der Waals surface area contributed by atoms with Crippen LogP contribution in [0.15, 0.2) is 12.3 Å². The Morgan fingerprint density at radius 3 is 2.91 bits per heavy atom. The van der Waals surface area contributed by atoms with Gasteiger partial charge in [0.15, 0.2) is 0 Å². The number of halogens is 1. The molecular formula is C16H23ClN4O2. The Morgan fingerprint density at radius 1 is 1.52 bits per heavy atom. The first-order valence-corrected chi connectivity index (χ1v) is 8.42. The number of anilines is 1. The van der Waals surface area contributed by atoms with Gasteiger partial charge in [-0.05, 0) is 31.1 Å². The molecule has 1 aromatic heterocycles. The molecular weight excluding hydrogens is 316 g/mol. The highest BCUT2D eigenvalue weighted by atomic mass is 35.5. The van der Waals surface area contributed by atoms with Crippen molar-refractivity contribution in [2.75, 3.05) is 5.32 Å². The molecule has 3 rings (SSSR count). The molecule has 2 aliphatic rings. The Labute approximate surface area is 141 Å². The summed E-state index contributed by atoms with van der Waals surface area (Å²) in [5.41, 5.74) is 0.157. The summed E-state index contributed by atoms with van der Waals surface area (Å²) in [6.07, 6.45) is 5.65. The Balaban J connectivity index is 1.83. The zero-order chi connectivity index (χ0) is 16.8. The van der Waals surface area contributed by atoms with Crippen LogP contribution in [0.3, 0.4) is 0 Å². The van der Waals surface area contributed by atoms with Gasteiger partial charge in [-0.15, -0.1) is 0 Å². The molecule has 0 aliphatic carbocycles. The number of aromatic nitrogens is 1. The van der Waals surface area contributed by atoms with Crippen molar-refractivity contribution in [1.29, 1.82) is 0 Å². The highest BCUT2D eigenvalue weighted by molar-refractivity contribution is 6.30. The molecule has 0 saturated carbocycles. The van der Waals surface area contributed by atoms with Crippen molar-refractivity contribution in [2.45, 2.75) is 64.1 Å². The SMILES string of the molecule is CC(C)(C)[C@@]12CC[C@@H](C[C@@H](Nc3ncc(Cl)cc3[N+](=O)[O-])C1)N2. The fourth-order valence-electron chi connectivity index (χ4n) is 4.02. The average molecular weight is 339 g/mol. The Morgan fingerprint density at radius 2 is 2.26 bits per heavy atom. The summed E-state index contributed by atoms with van der Waals surface area (Å²) in [5.74, 6) is 0.315. The van der Waals surface area contributed by atoms with Crippen LogP contribution in [0.4, 0.5) is 11.5 Å². The van der Waals surface area contributed by atoms with Crippen LogP contribution >= 0.6 is 11.6 Å². The Hall–Kier alpha value is -1.40. The number of nitrogens with zero attached hydrogens (tertiary/aromatic N) is 2. The van der Waals surface area contributed by atoms with Crippen molar-refractivity contribution in [3.05, 3.63) is 27.4 Å². The molecule has 6 nitrogen and oxygen atoms in total. The van der Waals surface area contributed by atoms with Crippen LogP contribution in [0.2, 0.25) is 5.02 Å². The molecule has 1 aromatic rings. The standard InChI is InChI=1S/C16H23ClN4O2/c1-15(2,3)16-5-4-11(20-16)7-12(8-16)19-14-13(21(22)23)6-10(17)9-18-14/h6,9,11-12,20H,4-5,7-8H2,1-3H3,(H,18,19)/t11-,12+,16+/m0/s1. The van der Waals surface area contributed by atoms with E-state index in [0.29, 0.717) is 11.9 Å². The van der Waals surface area contributed by atoms with Crippen LogP contribution in [0.5, 0.6) is 0 Å². The van der Waals surface area contributed by atoms with Gasteiger partial charge >= 0.3 is 5.69 Å². The average Bonchev–Trinajstić information content (AvgIpc) is 2.77. The fraction of sp³-hybridized carbons (Fsp3) is 0.688. The lowest BCUT2D eigenvalue weighted by atomic mass is 9.68. The molecule has 2 aliphatic heterocycles. The second kappa shape index (κ2) is 5.60. The molecule has 0 amide bonds. The van der Waals surface area contributed by atoms with Gasteiger partial charge in [0.05, 0.1) is 9.95 Å². The molecule has 0 unspecified atom stereocenters. The van der Waals surface area contributed by atoms with Crippen LogP contribution in [-0.4, -0.2) is 27.5 Å². The molecule has 2 N–H and O–H groups in total. The number of piperidine rings is 1. The minimum Gasteiger partial charge on any atom is -0.361 e. The van der Waals surface area contributed by atoms with E-state index in [1.165, 1.54) is 12.3 Å². The van der Waals surface area contributed by atoms with Crippen molar-refractivity contribution >= 4 is 23.1 Å². The minimum atomic E-state index is -0.434. The molecule has 0 aromatic carbocycles. The van der Waals surface area contributed by atoms with E-state index in [9.17, 15) is 10.1 Å². The third-order valence-electron chi connectivity index (χ3n) is 5.37. The monoisotopic (exact) mass is 338 g/mol. The number of hydrogen-bond donors (Lipinski definition) is 2. The van der Waals surface area contributed by atoms with Crippen LogP contribution in [0.25, 0.3) is 0 Å². The molecule has 0 spiro atoms. The number of rotatable bonds is 3. The van der Waals surface area contributed by atoms with E-state index < -0.39 is 4.92 Å². The fourth-order valence-corrected chi connectivity index (χ4v) is 4.17. The molecule has 2 fully saturated rings. The lowest BCUT2D eigenvalue weighted by Crippen LogP contribution is -2.59. The van der Waals surface area contributed by atoms with E-state index in [0.717, 1.165) is 25.7 Å². The number of hydrogen-bond acceptors (Lipinski definition) is 5. The van der Waals surface area contributed by atoms with Gasteiger partial charge in [-0.3, -0.25) is 10.1 Å². The van der Waals surface area contributed by atoms with E-state index in [-0.39, 0.29) is 27.7 Å². The maximum Gasteiger partial charge on any atom is 0.312 e. The molecule has 2 bridgehead atoms. The predicted molar refractivity (Wildman–Crippen MR) is 90.9 cm³/mol. The Bertz CT molecular complexity index is 631. The summed E-state index contributed by atoms with van der Waals surface area (Å²) < 4.78 is 0. The number of nitro groups is 1. The van der Waals surface area contributed by atoms with Gasteiger partial charge in [-0.2, -0.15) is 0 Å². The van der Waals surface area contributed by atoms with Crippen LogP contribution in [-0.2, 0) is 0 Å². The molecule has 0 radical (unpaired) electrons. The first kappa shape index (κ1) is 16.5. The highest BCUT2D eigenvalue weighted by Crippen LogP contribution is 2.47. The molecule has 23 heavy (non-hydrogen) atoms. The van der Waals surface area contributed by atoms with Gasteiger partial charge < -0.3 is 10.6 Å². The largest absolute Gasteiger partial charge is 0.361 e. The van der Waals surface area contributed by atoms with Gasteiger partial charge in [-0.25, -0.2) is 4.98 Å². The zero-order valence-electron chi connectivity index (χ0n) is 13.7. The summed E-state index contributed by atoms with van der Waals surface area (Å²) in [5, 5.41) is 18.6. The predicted octanol–water partition coefficient (Wildman–Crippen LogP) is 3.75. The maximum absolute atomic E-state index is 11.2. The smallest absolute Gasteiger partial charge is 0.312 e. The van der Waals surface area contributed by atoms with Crippen molar-refractivity contribution in [1.82, 2.24) is 10.3 Å². The van der Waals surface area contributed by atoms with E-state index in [1.54, 1.807) is 0 Å². The number of pyridine rings is 1. The first-order chi connectivity index (χ1) is 10.7. The van der Waals surface area contributed by atoms with Crippen LogP contribution in [0, 0.1) is 15.5 Å². The summed E-state index contributed by atoms with van der Waals surface area (Å²) in [7, 11) is 0. The summed E-state index contributed by atoms with van der Waals surface area (Å²) in [4.78, 5) is 14.9. The maximum atomic E-state index is 11.2. The third-order valence-corrected chi connectivity index (χ3v) is 5.58. The van der Waals surface area contributed by atoms with Gasteiger partial charge in [0.25, 0.3) is 0 Å². The first-order valence-electron chi connectivity index (χ1n) is 8.04. The van der Waals surface area contributed by atoms with Crippen LogP contribution < -0.4 is 10.6 Å². The molecule has 3 heterocycles. The normalized spacial score (nSPS) is 30.3.